The van der Waals surface area contributed by atoms with E-state index >= 15 is 0 Å². The molecule has 0 amide bonds. The highest BCUT2D eigenvalue weighted by molar-refractivity contribution is 5.94. The number of ketones is 2. The van der Waals surface area contributed by atoms with Gasteiger partial charge in [-0.15, -0.1) is 0 Å². The van der Waals surface area contributed by atoms with Gasteiger partial charge in [0.1, 0.15) is 5.78 Å². The van der Waals surface area contributed by atoms with Crippen molar-refractivity contribution in [2.45, 2.75) is 126 Å². The Balaban J connectivity index is 1.42. The number of fused-ring (bicyclic) bond motifs is 7. The van der Waals surface area contributed by atoms with Gasteiger partial charge in [-0.1, -0.05) is 84.9 Å². The monoisotopic (exact) mass is 556 g/mol. The topological polar surface area (TPSA) is 34.1 Å². The first kappa shape index (κ1) is 29.4. The lowest BCUT2D eigenvalue weighted by Crippen LogP contribution is -2.67. The molecule has 5 aliphatic rings. The molecule has 224 valence electrons. The quantitative estimate of drug-likeness (QED) is 0.346. The molecule has 0 saturated heterocycles. The van der Waals surface area contributed by atoms with Gasteiger partial charge >= 0.3 is 0 Å². The SMILES string of the molecule is CC1(C)CC[C@]2(C)CC[C@]3(CC(=O)/C=C/c4ccccc4)[C@H](CC[C@@H]4[C@@]5(C)CCC(=O)C(C)(C)[C@@H]5CC[C@]43C)[C@@H]2C1. The molecular formula is C39H56O2. The summed E-state index contributed by atoms with van der Waals surface area (Å²) in [6.45, 7) is 17.3. The van der Waals surface area contributed by atoms with Gasteiger partial charge in [-0.05, 0) is 127 Å². The predicted molar refractivity (Wildman–Crippen MR) is 169 cm³/mol. The first-order valence-electron chi connectivity index (χ1n) is 17.0. The van der Waals surface area contributed by atoms with Gasteiger partial charge in [0.05, 0.1) is 0 Å². The summed E-state index contributed by atoms with van der Waals surface area (Å²) in [5, 5.41) is 0. The van der Waals surface area contributed by atoms with Gasteiger partial charge in [-0.3, -0.25) is 9.59 Å². The molecule has 0 bridgehead atoms. The predicted octanol–water partition coefficient (Wildman–Crippen LogP) is 10.1. The lowest BCUT2D eigenvalue weighted by atomic mass is 9.30. The van der Waals surface area contributed by atoms with Crippen LogP contribution in [0.5, 0.6) is 0 Å². The van der Waals surface area contributed by atoms with E-state index in [1.54, 1.807) is 0 Å². The van der Waals surface area contributed by atoms with Crippen LogP contribution in [-0.4, -0.2) is 11.6 Å². The molecule has 1 aromatic carbocycles. The van der Waals surface area contributed by atoms with Crippen molar-refractivity contribution in [1.82, 2.24) is 0 Å². The Morgan fingerprint density at radius 3 is 2.24 bits per heavy atom. The van der Waals surface area contributed by atoms with Gasteiger partial charge in [0, 0.05) is 18.3 Å². The maximum absolute atomic E-state index is 14.1. The van der Waals surface area contributed by atoms with Crippen LogP contribution in [0.3, 0.4) is 0 Å². The Morgan fingerprint density at radius 1 is 0.805 bits per heavy atom. The van der Waals surface area contributed by atoms with E-state index in [4.69, 9.17) is 0 Å². The molecule has 8 atom stereocenters. The average Bonchev–Trinajstić information content (AvgIpc) is 2.91. The Bertz CT molecular complexity index is 1220. The number of carbonyl (C=O) groups excluding carboxylic acids is 2. The van der Waals surface area contributed by atoms with E-state index in [2.05, 4.69) is 60.6 Å². The molecule has 5 saturated carbocycles. The van der Waals surface area contributed by atoms with Crippen molar-refractivity contribution >= 4 is 17.6 Å². The Kier molecular flexibility index (Phi) is 6.92. The number of benzene rings is 1. The molecule has 1 aromatic rings. The van der Waals surface area contributed by atoms with Gasteiger partial charge in [-0.2, -0.15) is 0 Å². The standard InChI is InChI=1S/C39H56O2/c1-34(2)21-22-36(5)23-24-39(25-28(40)14-13-27-11-9-8-10-12-27)29(30(36)26-34)15-16-32-37(6)19-18-33(41)35(3,4)31(37)17-20-38(32,39)7/h8-14,29-32H,15-26H2,1-7H3/b14-13+/t29-,30+,31+,32-,36-,37+,38-,39+/m1/s1. The van der Waals surface area contributed by atoms with Crippen molar-refractivity contribution in [2.24, 2.45) is 56.2 Å². The number of carbonyl (C=O) groups is 2. The molecule has 0 spiro atoms. The molecule has 5 aliphatic carbocycles. The van der Waals surface area contributed by atoms with Crippen LogP contribution in [0.2, 0.25) is 0 Å². The molecule has 0 N–H and O–H groups in total. The molecule has 5 fully saturated rings. The highest BCUT2D eigenvalue weighted by Gasteiger charge is 2.71. The van der Waals surface area contributed by atoms with Crippen molar-refractivity contribution in [3.63, 3.8) is 0 Å². The van der Waals surface area contributed by atoms with Crippen LogP contribution in [0.15, 0.2) is 36.4 Å². The van der Waals surface area contributed by atoms with Gasteiger partial charge < -0.3 is 0 Å². The van der Waals surface area contributed by atoms with E-state index in [1.807, 2.05) is 30.4 Å². The largest absolute Gasteiger partial charge is 0.299 e. The molecule has 0 heterocycles. The third-order valence-corrected chi connectivity index (χ3v) is 14.8. The Labute approximate surface area is 250 Å². The highest BCUT2D eigenvalue weighted by Crippen LogP contribution is 2.77. The lowest BCUT2D eigenvalue weighted by Gasteiger charge is -2.74. The van der Waals surface area contributed by atoms with E-state index in [-0.39, 0.29) is 21.7 Å². The maximum atomic E-state index is 14.1. The summed E-state index contributed by atoms with van der Waals surface area (Å²) in [6.07, 6.45) is 17.7. The smallest absolute Gasteiger partial charge is 0.156 e. The minimum Gasteiger partial charge on any atom is -0.299 e. The first-order valence-corrected chi connectivity index (χ1v) is 17.0. The van der Waals surface area contributed by atoms with Crippen molar-refractivity contribution in [1.29, 1.82) is 0 Å². The van der Waals surface area contributed by atoms with E-state index in [9.17, 15) is 9.59 Å². The summed E-state index contributed by atoms with van der Waals surface area (Å²) < 4.78 is 0. The van der Waals surface area contributed by atoms with Gasteiger partial charge in [0.25, 0.3) is 0 Å². The zero-order valence-electron chi connectivity index (χ0n) is 27.2. The van der Waals surface area contributed by atoms with Gasteiger partial charge in [0.2, 0.25) is 0 Å². The number of rotatable bonds is 4. The van der Waals surface area contributed by atoms with E-state index in [1.165, 1.54) is 51.4 Å². The normalized spacial score (nSPS) is 44.8. The van der Waals surface area contributed by atoms with Crippen molar-refractivity contribution in [3.8, 4) is 0 Å². The zero-order chi connectivity index (χ0) is 29.5. The van der Waals surface area contributed by atoms with Crippen LogP contribution in [0.1, 0.15) is 131 Å². The second-order valence-electron chi connectivity index (χ2n) is 17.6. The summed E-state index contributed by atoms with van der Waals surface area (Å²) in [7, 11) is 0. The fraction of sp³-hybridized carbons (Fsp3) is 0.744. The number of hydrogen-bond acceptors (Lipinski definition) is 2. The fourth-order valence-corrected chi connectivity index (χ4v) is 12.4. The van der Waals surface area contributed by atoms with Gasteiger partial charge in [-0.25, -0.2) is 0 Å². The van der Waals surface area contributed by atoms with Crippen molar-refractivity contribution in [3.05, 3.63) is 42.0 Å². The van der Waals surface area contributed by atoms with E-state index in [0.717, 1.165) is 24.8 Å². The van der Waals surface area contributed by atoms with Crippen LogP contribution in [0, 0.1) is 56.2 Å². The van der Waals surface area contributed by atoms with Gasteiger partial charge in [0.15, 0.2) is 5.78 Å². The lowest BCUT2D eigenvalue weighted by molar-refractivity contribution is -0.247. The highest BCUT2D eigenvalue weighted by atomic mass is 16.1. The summed E-state index contributed by atoms with van der Waals surface area (Å²) >= 11 is 0. The summed E-state index contributed by atoms with van der Waals surface area (Å²) in [5.74, 6) is 3.17. The minimum absolute atomic E-state index is 0.0468. The Hall–Kier alpha value is -1.70. The molecule has 0 aliphatic heterocycles. The second kappa shape index (κ2) is 9.65. The summed E-state index contributed by atoms with van der Waals surface area (Å²) in [4.78, 5) is 27.3. The van der Waals surface area contributed by atoms with Crippen LogP contribution in [0.4, 0.5) is 0 Å². The average molecular weight is 557 g/mol. The third kappa shape index (κ3) is 4.38. The molecule has 0 radical (unpaired) electrons. The van der Waals surface area contributed by atoms with E-state index in [0.29, 0.717) is 52.5 Å². The van der Waals surface area contributed by atoms with Crippen LogP contribution < -0.4 is 0 Å². The molecule has 0 aromatic heterocycles. The third-order valence-electron chi connectivity index (χ3n) is 14.8. The Morgan fingerprint density at radius 2 is 1.51 bits per heavy atom. The second-order valence-corrected chi connectivity index (χ2v) is 17.6. The summed E-state index contributed by atoms with van der Waals surface area (Å²) in [6, 6.07) is 10.3. The molecule has 0 unspecified atom stereocenters. The number of Topliss-reactive ketones (excluding diaryl/α,β-unsaturated/α-hetero) is 1. The molecular weight excluding hydrogens is 500 g/mol. The molecule has 2 nitrogen and oxygen atoms in total. The van der Waals surface area contributed by atoms with Crippen molar-refractivity contribution < 1.29 is 9.59 Å². The first-order chi connectivity index (χ1) is 19.2. The van der Waals surface area contributed by atoms with Crippen molar-refractivity contribution in [2.75, 3.05) is 0 Å². The molecule has 2 heteroatoms. The zero-order valence-corrected chi connectivity index (χ0v) is 27.2. The van der Waals surface area contributed by atoms with Crippen LogP contribution >= 0.6 is 0 Å². The summed E-state index contributed by atoms with van der Waals surface area (Å²) in [5.41, 5.74) is 2.04. The maximum Gasteiger partial charge on any atom is 0.156 e. The van der Waals surface area contributed by atoms with Crippen LogP contribution in [0.25, 0.3) is 6.08 Å². The molecule has 6 rings (SSSR count). The number of allylic oxidation sites excluding steroid dienone is 1. The molecule has 41 heavy (non-hydrogen) atoms. The van der Waals surface area contributed by atoms with Crippen LogP contribution in [-0.2, 0) is 9.59 Å². The van der Waals surface area contributed by atoms with E-state index < -0.39 is 0 Å². The minimum atomic E-state index is -0.231. The fourth-order valence-electron chi connectivity index (χ4n) is 12.4. The number of hydrogen-bond donors (Lipinski definition) is 0.